The number of nitrogens with one attached hydrogen (secondary N) is 1. The Balaban J connectivity index is 1.67. The van der Waals surface area contributed by atoms with E-state index in [9.17, 15) is 9.90 Å². The van der Waals surface area contributed by atoms with Gasteiger partial charge in [-0.1, -0.05) is 6.07 Å². The van der Waals surface area contributed by atoms with E-state index in [-0.39, 0.29) is 12.5 Å². The van der Waals surface area contributed by atoms with Crippen molar-refractivity contribution >= 4 is 5.91 Å². The minimum absolute atomic E-state index is 0.00835. The van der Waals surface area contributed by atoms with Crippen molar-refractivity contribution in [1.82, 2.24) is 10.3 Å². The molecular formula is C25H28N2O6. The number of aliphatic hydroxyl groups excluding tert-OH is 1. The molecule has 174 valence electrons. The van der Waals surface area contributed by atoms with Crippen LogP contribution in [0.2, 0.25) is 0 Å². The third-order valence-corrected chi connectivity index (χ3v) is 4.87. The van der Waals surface area contributed by atoms with Gasteiger partial charge in [-0.2, -0.15) is 0 Å². The molecule has 0 saturated heterocycles. The molecule has 0 bridgehead atoms. The van der Waals surface area contributed by atoms with Crippen LogP contribution in [0.3, 0.4) is 0 Å². The van der Waals surface area contributed by atoms with Crippen molar-refractivity contribution in [3.05, 3.63) is 77.6 Å². The molecule has 0 aliphatic carbocycles. The van der Waals surface area contributed by atoms with E-state index in [2.05, 4.69) is 10.3 Å². The lowest BCUT2D eigenvalue weighted by Gasteiger charge is -2.17. The molecule has 2 aromatic carbocycles. The zero-order valence-corrected chi connectivity index (χ0v) is 18.9. The number of methoxy groups -OCH3 is 2. The number of carbonyl (C=O) groups excluding carboxylic acids is 1. The van der Waals surface area contributed by atoms with Crippen molar-refractivity contribution in [2.45, 2.75) is 19.6 Å². The number of ether oxygens (including phenoxy) is 4. The van der Waals surface area contributed by atoms with Gasteiger partial charge in [0.25, 0.3) is 5.91 Å². The zero-order valence-electron chi connectivity index (χ0n) is 18.9. The van der Waals surface area contributed by atoms with Gasteiger partial charge in [0, 0.05) is 35.6 Å². The van der Waals surface area contributed by atoms with E-state index in [0.29, 0.717) is 47.3 Å². The normalized spacial score (nSPS) is 11.4. The second-order valence-electron chi connectivity index (χ2n) is 7.08. The Kier molecular flexibility index (Phi) is 8.49. The summed E-state index contributed by atoms with van der Waals surface area (Å²) >= 11 is 0. The van der Waals surface area contributed by atoms with Crippen molar-refractivity contribution in [3.63, 3.8) is 0 Å². The van der Waals surface area contributed by atoms with E-state index >= 15 is 0 Å². The summed E-state index contributed by atoms with van der Waals surface area (Å²) in [4.78, 5) is 16.8. The van der Waals surface area contributed by atoms with Crippen molar-refractivity contribution in [3.8, 4) is 23.0 Å². The van der Waals surface area contributed by atoms with Crippen LogP contribution in [0.4, 0.5) is 0 Å². The van der Waals surface area contributed by atoms with Crippen LogP contribution in [0, 0.1) is 0 Å². The number of benzene rings is 2. The molecule has 1 heterocycles. The molecule has 3 rings (SSSR count). The Morgan fingerprint density at radius 2 is 1.85 bits per heavy atom. The van der Waals surface area contributed by atoms with E-state index in [1.165, 1.54) is 7.11 Å². The topological polar surface area (TPSA) is 99.1 Å². The highest BCUT2D eigenvalue weighted by atomic mass is 16.5. The van der Waals surface area contributed by atoms with Gasteiger partial charge in [-0.15, -0.1) is 0 Å². The lowest BCUT2D eigenvalue weighted by atomic mass is 10.1. The number of carbonyl (C=O) groups is 1. The summed E-state index contributed by atoms with van der Waals surface area (Å²) in [5.74, 6) is 1.73. The summed E-state index contributed by atoms with van der Waals surface area (Å²) in [5.41, 5.74) is 1.83. The van der Waals surface area contributed by atoms with Crippen LogP contribution in [0.5, 0.6) is 23.0 Å². The van der Waals surface area contributed by atoms with Crippen LogP contribution in [0.15, 0.2) is 60.9 Å². The maximum Gasteiger partial charge on any atom is 0.251 e. The van der Waals surface area contributed by atoms with E-state index < -0.39 is 6.10 Å². The molecule has 1 unspecified atom stereocenters. The van der Waals surface area contributed by atoms with Gasteiger partial charge in [-0.3, -0.25) is 9.78 Å². The Hall–Kier alpha value is -3.78. The van der Waals surface area contributed by atoms with Crippen molar-refractivity contribution in [2.24, 2.45) is 0 Å². The SMILES string of the molecule is CCOc1cc(C(=O)NCC(O)c2cc(OC)ccc2OC)ccc1OCc1cccnc1. The molecule has 0 fully saturated rings. The quantitative estimate of drug-likeness (QED) is 0.459. The second-order valence-corrected chi connectivity index (χ2v) is 7.08. The Bertz CT molecular complexity index is 1060. The highest BCUT2D eigenvalue weighted by molar-refractivity contribution is 5.94. The first kappa shape index (κ1) is 23.9. The predicted molar refractivity (Wildman–Crippen MR) is 123 cm³/mol. The fourth-order valence-corrected chi connectivity index (χ4v) is 3.18. The molecule has 1 atom stereocenters. The van der Waals surface area contributed by atoms with Gasteiger partial charge in [0.2, 0.25) is 0 Å². The molecule has 8 nitrogen and oxygen atoms in total. The summed E-state index contributed by atoms with van der Waals surface area (Å²) in [6.07, 6.45) is 2.45. The maximum absolute atomic E-state index is 12.7. The van der Waals surface area contributed by atoms with Crippen LogP contribution in [0.1, 0.15) is 34.5 Å². The average molecular weight is 453 g/mol. The Labute approximate surface area is 193 Å². The van der Waals surface area contributed by atoms with Crippen LogP contribution < -0.4 is 24.3 Å². The molecule has 1 aromatic heterocycles. The Morgan fingerprint density at radius 1 is 1.03 bits per heavy atom. The van der Waals surface area contributed by atoms with Crippen molar-refractivity contribution < 1.29 is 28.8 Å². The monoisotopic (exact) mass is 452 g/mol. The van der Waals surface area contributed by atoms with Gasteiger partial charge in [0.05, 0.1) is 20.8 Å². The first-order chi connectivity index (χ1) is 16.0. The number of amides is 1. The summed E-state index contributed by atoms with van der Waals surface area (Å²) in [6.45, 7) is 2.60. The largest absolute Gasteiger partial charge is 0.497 e. The highest BCUT2D eigenvalue weighted by Crippen LogP contribution is 2.30. The fourth-order valence-electron chi connectivity index (χ4n) is 3.18. The van der Waals surface area contributed by atoms with Gasteiger partial charge < -0.3 is 29.4 Å². The number of rotatable bonds is 11. The van der Waals surface area contributed by atoms with Crippen molar-refractivity contribution in [2.75, 3.05) is 27.4 Å². The van der Waals surface area contributed by atoms with Gasteiger partial charge in [-0.05, 0) is 49.4 Å². The van der Waals surface area contributed by atoms with Gasteiger partial charge >= 0.3 is 0 Å². The van der Waals surface area contributed by atoms with Crippen LogP contribution in [-0.2, 0) is 6.61 Å². The number of aromatic nitrogens is 1. The molecule has 0 aliphatic heterocycles. The molecule has 3 aromatic rings. The number of pyridine rings is 1. The Morgan fingerprint density at radius 3 is 2.55 bits per heavy atom. The number of nitrogens with zero attached hydrogens (tertiary/aromatic N) is 1. The van der Waals surface area contributed by atoms with Gasteiger partial charge in [-0.25, -0.2) is 0 Å². The van der Waals surface area contributed by atoms with Crippen molar-refractivity contribution in [1.29, 1.82) is 0 Å². The molecule has 0 spiro atoms. The summed E-state index contributed by atoms with van der Waals surface area (Å²) in [5, 5.41) is 13.4. The minimum Gasteiger partial charge on any atom is -0.497 e. The van der Waals surface area contributed by atoms with Gasteiger partial charge in [0.15, 0.2) is 11.5 Å². The average Bonchev–Trinajstić information content (AvgIpc) is 2.86. The molecular weight excluding hydrogens is 424 g/mol. The molecule has 2 N–H and O–H groups in total. The van der Waals surface area contributed by atoms with E-state index in [1.807, 2.05) is 19.1 Å². The number of aliphatic hydroxyl groups is 1. The second kappa shape index (κ2) is 11.7. The van der Waals surface area contributed by atoms with Crippen LogP contribution in [0.25, 0.3) is 0 Å². The van der Waals surface area contributed by atoms with Crippen LogP contribution in [-0.4, -0.2) is 43.4 Å². The zero-order chi connectivity index (χ0) is 23.6. The number of hydrogen-bond acceptors (Lipinski definition) is 7. The van der Waals surface area contributed by atoms with E-state index in [1.54, 1.807) is 55.9 Å². The minimum atomic E-state index is -0.979. The lowest BCUT2D eigenvalue weighted by molar-refractivity contribution is 0.0914. The predicted octanol–water partition coefficient (Wildman–Crippen LogP) is 3.54. The maximum atomic E-state index is 12.7. The fraction of sp³-hybridized carbons (Fsp3) is 0.280. The smallest absolute Gasteiger partial charge is 0.251 e. The summed E-state index contributed by atoms with van der Waals surface area (Å²) < 4.78 is 22.0. The number of hydrogen-bond donors (Lipinski definition) is 2. The van der Waals surface area contributed by atoms with E-state index in [0.717, 1.165) is 5.56 Å². The molecule has 0 radical (unpaired) electrons. The lowest BCUT2D eigenvalue weighted by Crippen LogP contribution is -2.28. The molecule has 1 amide bonds. The molecule has 8 heteroatoms. The third-order valence-electron chi connectivity index (χ3n) is 4.87. The third kappa shape index (κ3) is 6.36. The molecule has 0 aliphatic rings. The van der Waals surface area contributed by atoms with Crippen LogP contribution >= 0.6 is 0 Å². The summed E-state index contributed by atoms with van der Waals surface area (Å²) in [7, 11) is 3.06. The molecule has 33 heavy (non-hydrogen) atoms. The first-order valence-corrected chi connectivity index (χ1v) is 10.5. The van der Waals surface area contributed by atoms with E-state index in [4.69, 9.17) is 18.9 Å². The van der Waals surface area contributed by atoms with Gasteiger partial charge in [0.1, 0.15) is 24.2 Å². The summed E-state index contributed by atoms with van der Waals surface area (Å²) in [6, 6.07) is 13.8. The standard InChI is InChI=1S/C25H28N2O6/c1-4-32-24-12-18(7-9-23(24)33-16-17-6-5-11-26-14-17)25(29)27-15-21(28)20-13-19(30-2)8-10-22(20)31-3/h5-14,21,28H,4,15-16H2,1-3H3,(H,27,29). The first-order valence-electron chi connectivity index (χ1n) is 10.5. The molecule has 0 saturated carbocycles. The highest BCUT2D eigenvalue weighted by Gasteiger charge is 2.17.